The number of nitrogens with zero attached hydrogens (tertiary/aromatic N) is 2. The monoisotopic (exact) mass is 515 g/mol. The minimum Gasteiger partial charge on any atom is -0.494 e. The first-order valence-electron chi connectivity index (χ1n) is 14.0. The maximum absolute atomic E-state index is 5.90. The van der Waals surface area contributed by atoms with Crippen LogP contribution in [0.2, 0.25) is 0 Å². The third-order valence-electron chi connectivity index (χ3n) is 6.88. The van der Waals surface area contributed by atoms with Gasteiger partial charge in [0, 0.05) is 13.0 Å². The van der Waals surface area contributed by atoms with E-state index in [1.807, 2.05) is 42.5 Å². The lowest BCUT2D eigenvalue weighted by Gasteiger charge is -2.36. The molecule has 4 heteroatoms. The second kappa shape index (κ2) is 16.0. The average molecular weight is 516 g/mol. The van der Waals surface area contributed by atoms with Gasteiger partial charge in [-0.1, -0.05) is 72.8 Å². The number of allylic oxidation sites excluding steroid dienone is 1. The minimum atomic E-state index is 0.574. The van der Waals surface area contributed by atoms with Crippen LogP contribution >= 0.6 is 0 Å². The first kappa shape index (κ1) is 29.5. The Morgan fingerprint density at radius 2 is 1.29 bits per heavy atom. The predicted molar refractivity (Wildman–Crippen MR) is 160 cm³/mol. The molecule has 0 aliphatic heterocycles. The molecule has 3 aromatic carbocycles. The fraction of sp³-hybridized carbons (Fsp3) is 0.412. The molecule has 0 N–H and O–H groups in total. The number of hydrogen-bond donors (Lipinski definition) is 0. The van der Waals surface area contributed by atoms with Gasteiger partial charge in [-0.3, -0.25) is 0 Å². The van der Waals surface area contributed by atoms with Gasteiger partial charge >= 0.3 is 0 Å². The molecule has 0 bridgehead atoms. The second-order valence-corrected chi connectivity index (χ2v) is 11.1. The molecular weight excluding hydrogens is 468 g/mol. The quantitative estimate of drug-likeness (QED) is 0.110. The Morgan fingerprint density at radius 3 is 1.92 bits per heavy atom. The third kappa shape index (κ3) is 11.5. The van der Waals surface area contributed by atoms with Crippen molar-refractivity contribution in [1.29, 1.82) is 0 Å². The highest BCUT2D eigenvalue weighted by molar-refractivity contribution is 5.31. The summed E-state index contributed by atoms with van der Waals surface area (Å²) < 4.78 is 12.7. The van der Waals surface area contributed by atoms with E-state index in [-0.39, 0.29) is 0 Å². The topological polar surface area (TPSA) is 21.7 Å². The van der Waals surface area contributed by atoms with Crippen molar-refractivity contribution < 1.29 is 14.0 Å². The largest absolute Gasteiger partial charge is 0.494 e. The lowest BCUT2D eigenvalue weighted by Crippen LogP contribution is -2.51. The van der Waals surface area contributed by atoms with Crippen molar-refractivity contribution in [3.63, 3.8) is 0 Å². The molecule has 4 nitrogen and oxygen atoms in total. The van der Waals surface area contributed by atoms with Crippen LogP contribution in [0.5, 0.6) is 11.5 Å². The molecule has 0 aliphatic carbocycles. The van der Waals surface area contributed by atoms with Gasteiger partial charge in [0.2, 0.25) is 0 Å². The number of likely N-dealkylation sites (N-methyl/N-ethyl adjacent to an activating group) is 2. The van der Waals surface area contributed by atoms with Gasteiger partial charge in [0.15, 0.2) is 0 Å². The van der Waals surface area contributed by atoms with Gasteiger partial charge in [0.1, 0.15) is 24.1 Å². The van der Waals surface area contributed by atoms with Crippen LogP contribution in [-0.2, 0) is 13.0 Å². The SMILES string of the molecule is CN(CC/C=C/CCCCOc1ccc(OCc2ccccc2)cc1)C[C@H](Cc1ccccc1)[N+](C)(C)C. The van der Waals surface area contributed by atoms with Gasteiger partial charge in [-0.05, 0) is 68.1 Å². The maximum Gasteiger partial charge on any atom is 0.120 e. The zero-order chi connectivity index (χ0) is 27.1. The lowest BCUT2D eigenvalue weighted by atomic mass is 10.0. The van der Waals surface area contributed by atoms with Crippen LogP contribution in [0.1, 0.15) is 36.8 Å². The number of hydrogen-bond acceptors (Lipinski definition) is 3. The van der Waals surface area contributed by atoms with Gasteiger partial charge in [0.05, 0.1) is 34.3 Å². The molecule has 0 saturated heterocycles. The highest BCUT2D eigenvalue weighted by atomic mass is 16.5. The summed E-state index contributed by atoms with van der Waals surface area (Å²) in [5, 5.41) is 0. The summed E-state index contributed by atoms with van der Waals surface area (Å²) in [6.45, 7) is 3.52. The molecule has 0 fully saturated rings. The zero-order valence-electron chi connectivity index (χ0n) is 23.9. The standard InChI is InChI=1S/C34H47N2O2/c1-35(28-32(36(2,3)4)27-30-17-11-9-12-18-30)25-15-7-5-6-8-16-26-37-33-21-23-34(24-22-33)38-29-31-19-13-10-14-20-31/h5,7,9-14,17-24,32H,6,8,15-16,25-29H2,1-4H3/q+1/b7-5+/t32-/m0/s1. The number of quaternary nitrogens is 1. The van der Waals surface area contributed by atoms with Crippen LogP contribution < -0.4 is 9.47 Å². The fourth-order valence-electron chi connectivity index (χ4n) is 4.38. The summed E-state index contributed by atoms with van der Waals surface area (Å²) in [5.74, 6) is 1.76. The van der Waals surface area contributed by atoms with Crippen LogP contribution in [0.4, 0.5) is 0 Å². The summed E-state index contributed by atoms with van der Waals surface area (Å²) >= 11 is 0. The van der Waals surface area contributed by atoms with E-state index < -0.39 is 0 Å². The van der Waals surface area contributed by atoms with Crippen LogP contribution in [-0.4, -0.2) is 63.3 Å². The van der Waals surface area contributed by atoms with Crippen molar-refractivity contribution in [2.24, 2.45) is 0 Å². The molecule has 3 rings (SSSR count). The first-order chi connectivity index (χ1) is 18.4. The van der Waals surface area contributed by atoms with Crippen LogP contribution in [0.25, 0.3) is 0 Å². The second-order valence-electron chi connectivity index (χ2n) is 11.1. The predicted octanol–water partition coefficient (Wildman–Crippen LogP) is 7.01. The van der Waals surface area contributed by atoms with Crippen LogP contribution in [0.15, 0.2) is 97.1 Å². The Bertz CT molecular complexity index is 1040. The molecule has 0 aromatic heterocycles. The molecule has 3 aromatic rings. The molecule has 0 saturated carbocycles. The van der Waals surface area contributed by atoms with Gasteiger partial charge in [0.25, 0.3) is 0 Å². The van der Waals surface area contributed by atoms with Gasteiger partial charge in [-0.25, -0.2) is 0 Å². The van der Waals surface area contributed by atoms with Gasteiger partial charge < -0.3 is 18.9 Å². The normalized spacial score (nSPS) is 12.7. The van der Waals surface area contributed by atoms with Crippen molar-refractivity contribution in [2.75, 3.05) is 47.9 Å². The molecule has 204 valence electrons. The minimum absolute atomic E-state index is 0.574. The molecule has 0 amide bonds. The van der Waals surface area contributed by atoms with E-state index >= 15 is 0 Å². The summed E-state index contributed by atoms with van der Waals surface area (Å²) in [7, 11) is 9.17. The molecule has 0 radical (unpaired) electrons. The van der Waals surface area contributed by atoms with E-state index in [2.05, 4.69) is 87.7 Å². The van der Waals surface area contributed by atoms with Gasteiger partial charge in [-0.2, -0.15) is 0 Å². The Labute approximate surface area is 231 Å². The Morgan fingerprint density at radius 1 is 0.711 bits per heavy atom. The van der Waals surface area contributed by atoms with E-state index in [0.717, 1.165) is 67.8 Å². The van der Waals surface area contributed by atoms with Gasteiger partial charge in [-0.15, -0.1) is 0 Å². The average Bonchev–Trinajstić information content (AvgIpc) is 2.92. The van der Waals surface area contributed by atoms with E-state index in [1.54, 1.807) is 0 Å². The Balaban J connectivity index is 1.24. The molecule has 1 atom stereocenters. The van der Waals surface area contributed by atoms with Crippen molar-refractivity contribution in [1.82, 2.24) is 4.90 Å². The molecule has 0 aliphatic rings. The van der Waals surface area contributed by atoms with Crippen molar-refractivity contribution >= 4 is 0 Å². The lowest BCUT2D eigenvalue weighted by molar-refractivity contribution is -0.895. The van der Waals surface area contributed by atoms with Crippen molar-refractivity contribution in [2.45, 2.75) is 44.8 Å². The smallest absolute Gasteiger partial charge is 0.120 e. The van der Waals surface area contributed by atoms with E-state index in [4.69, 9.17) is 9.47 Å². The molecule has 0 spiro atoms. The summed E-state index contributed by atoms with van der Waals surface area (Å²) in [6, 6.07) is 29.6. The molecule has 38 heavy (non-hydrogen) atoms. The zero-order valence-corrected chi connectivity index (χ0v) is 23.9. The number of unbranched alkanes of at least 4 members (excludes halogenated alkanes) is 2. The highest BCUT2D eigenvalue weighted by Crippen LogP contribution is 2.19. The van der Waals surface area contributed by atoms with E-state index in [1.165, 1.54) is 11.1 Å². The summed E-state index contributed by atoms with van der Waals surface area (Å²) in [6.07, 6.45) is 10.2. The van der Waals surface area contributed by atoms with Crippen molar-refractivity contribution in [3.05, 3.63) is 108 Å². The number of benzene rings is 3. The van der Waals surface area contributed by atoms with Crippen LogP contribution in [0, 0.1) is 0 Å². The molecule has 0 heterocycles. The Kier molecular flexibility index (Phi) is 12.4. The number of ether oxygens (including phenoxy) is 2. The third-order valence-corrected chi connectivity index (χ3v) is 6.88. The summed E-state index contributed by atoms with van der Waals surface area (Å²) in [4.78, 5) is 2.48. The number of rotatable bonds is 17. The molecular formula is C34H47N2O2+. The molecule has 0 unspecified atom stereocenters. The maximum atomic E-state index is 5.90. The van der Waals surface area contributed by atoms with E-state index in [9.17, 15) is 0 Å². The first-order valence-corrected chi connectivity index (χ1v) is 14.0. The van der Waals surface area contributed by atoms with Crippen molar-refractivity contribution in [3.8, 4) is 11.5 Å². The summed E-state index contributed by atoms with van der Waals surface area (Å²) in [5.41, 5.74) is 2.59. The van der Waals surface area contributed by atoms with Crippen LogP contribution in [0.3, 0.4) is 0 Å². The fourth-order valence-corrected chi connectivity index (χ4v) is 4.38. The Hall–Kier alpha value is -3.08. The van der Waals surface area contributed by atoms with E-state index in [0.29, 0.717) is 12.6 Å². The highest BCUT2D eigenvalue weighted by Gasteiger charge is 2.25.